The van der Waals surface area contributed by atoms with Crippen LogP contribution in [0, 0.1) is 5.92 Å². The monoisotopic (exact) mass is 265 g/mol. The molecule has 0 radical (unpaired) electrons. The number of carbonyl (C=O) groups is 2. The number of nitrogens with one attached hydrogen (secondary N) is 1. The van der Waals surface area contributed by atoms with Crippen LogP contribution in [0.5, 0.6) is 0 Å². The van der Waals surface area contributed by atoms with Gasteiger partial charge in [-0.15, -0.1) is 0 Å². The van der Waals surface area contributed by atoms with Gasteiger partial charge in [-0.05, 0) is 18.1 Å². The van der Waals surface area contributed by atoms with E-state index in [1.807, 2.05) is 13.8 Å². The fourth-order valence-electron chi connectivity index (χ4n) is 1.52. The molecule has 0 aromatic heterocycles. The smallest absolute Gasteiger partial charge is 0.336 e. The van der Waals surface area contributed by atoms with E-state index in [1.165, 1.54) is 12.1 Å². The van der Waals surface area contributed by atoms with Crippen LogP contribution in [0.4, 0.5) is 0 Å². The van der Waals surface area contributed by atoms with Crippen LogP contribution in [0.15, 0.2) is 24.3 Å². The normalized spacial score (nSPS) is 10.5. The molecule has 5 nitrogen and oxygen atoms in total. The quantitative estimate of drug-likeness (QED) is 0.737. The van der Waals surface area contributed by atoms with Crippen molar-refractivity contribution in [1.29, 1.82) is 0 Å². The Morgan fingerprint density at radius 1 is 1.26 bits per heavy atom. The minimum absolute atomic E-state index is 0.00287. The number of ether oxygens (including phenoxy) is 1. The summed E-state index contributed by atoms with van der Waals surface area (Å²) in [4.78, 5) is 22.8. The Morgan fingerprint density at radius 3 is 2.47 bits per heavy atom. The maximum atomic E-state index is 11.8. The van der Waals surface area contributed by atoms with Crippen molar-refractivity contribution in [3.05, 3.63) is 35.4 Å². The zero-order valence-corrected chi connectivity index (χ0v) is 11.2. The van der Waals surface area contributed by atoms with Crippen molar-refractivity contribution in [2.75, 3.05) is 19.8 Å². The van der Waals surface area contributed by atoms with Crippen LogP contribution >= 0.6 is 0 Å². The van der Waals surface area contributed by atoms with E-state index in [4.69, 9.17) is 9.84 Å². The molecule has 0 aliphatic rings. The molecule has 0 atom stereocenters. The van der Waals surface area contributed by atoms with Crippen LogP contribution in [0.2, 0.25) is 0 Å². The summed E-state index contributed by atoms with van der Waals surface area (Å²) in [6.07, 6.45) is 0. The molecule has 1 aromatic carbocycles. The highest BCUT2D eigenvalue weighted by molar-refractivity contribution is 6.04. The largest absolute Gasteiger partial charge is 0.478 e. The van der Waals surface area contributed by atoms with Gasteiger partial charge in [-0.2, -0.15) is 0 Å². The first-order valence-electron chi connectivity index (χ1n) is 6.20. The summed E-state index contributed by atoms with van der Waals surface area (Å²) >= 11 is 0. The van der Waals surface area contributed by atoms with E-state index in [0.717, 1.165) is 0 Å². The Balaban J connectivity index is 2.48. The van der Waals surface area contributed by atoms with Crippen LogP contribution < -0.4 is 5.32 Å². The molecule has 2 N–H and O–H groups in total. The number of amides is 1. The summed E-state index contributed by atoms with van der Waals surface area (Å²) in [6.45, 7) is 5.50. The Labute approximate surface area is 112 Å². The fraction of sp³-hybridized carbons (Fsp3) is 0.429. The van der Waals surface area contributed by atoms with Crippen molar-refractivity contribution in [2.45, 2.75) is 13.8 Å². The number of carbonyl (C=O) groups excluding carboxylic acids is 1. The van der Waals surface area contributed by atoms with E-state index in [9.17, 15) is 9.59 Å². The summed E-state index contributed by atoms with van der Waals surface area (Å²) in [5, 5.41) is 11.6. The Hall–Kier alpha value is -1.88. The number of hydrogen-bond acceptors (Lipinski definition) is 3. The second-order valence-electron chi connectivity index (χ2n) is 4.58. The zero-order valence-electron chi connectivity index (χ0n) is 11.2. The van der Waals surface area contributed by atoms with Crippen molar-refractivity contribution in [3.8, 4) is 0 Å². The van der Waals surface area contributed by atoms with E-state index >= 15 is 0 Å². The van der Waals surface area contributed by atoms with Crippen molar-refractivity contribution in [3.63, 3.8) is 0 Å². The molecule has 1 amide bonds. The topological polar surface area (TPSA) is 75.6 Å². The molecule has 1 rings (SSSR count). The second kappa shape index (κ2) is 7.53. The number of carboxylic acid groups (broad SMARTS) is 1. The number of rotatable bonds is 7. The SMILES string of the molecule is CC(C)COCCNC(=O)c1ccccc1C(=O)O. The first-order valence-corrected chi connectivity index (χ1v) is 6.20. The Bertz CT molecular complexity index is 443. The predicted molar refractivity (Wildman–Crippen MR) is 71.4 cm³/mol. The molecule has 1 aromatic rings. The highest BCUT2D eigenvalue weighted by Crippen LogP contribution is 2.08. The number of benzene rings is 1. The molecule has 0 heterocycles. The summed E-state index contributed by atoms with van der Waals surface area (Å²) in [5.74, 6) is -1.06. The van der Waals surface area contributed by atoms with Gasteiger partial charge in [-0.25, -0.2) is 4.79 Å². The predicted octanol–water partition coefficient (Wildman–Crippen LogP) is 1.79. The van der Waals surface area contributed by atoms with Crippen molar-refractivity contribution in [2.24, 2.45) is 5.92 Å². The summed E-state index contributed by atoms with van der Waals surface area (Å²) < 4.78 is 5.33. The highest BCUT2D eigenvalue weighted by Gasteiger charge is 2.14. The third kappa shape index (κ3) is 5.09. The molecule has 0 bridgehead atoms. The van der Waals surface area contributed by atoms with Crippen LogP contribution in [0.3, 0.4) is 0 Å². The van der Waals surface area contributed by atoms with Gasteiger partial charge in [0, 0.05) is 13.2 Å². The average Bonchev–Trinajstić information content (AvgIpc) is 2.37. The van der Waals surface area contributed by atoms with Gasteiger partial charge in [-0.1, -0.05) is 26.0 Å². The number of carboxylic acids is 1. The van der Waals surface area contributed by atoms with Gasteiger partial charge in [0.2, 0.25) is 0 Å². The van der Waals surface area contributed by atoms with Gasteiger partial charge in [0.05, 0.1) is 17.7 Å². The van der Waals surface area contributed by atoms with E-state index in [-0.39, 0.29) is 11.1 Å². The molecule has 0 fully saturated rings. The minimum atomic E-state index is -1.11. The first kappa shape index (κ1) is 15.2. The van der Waals surface area contributed by atoms with Gasteiger partial charge in [-0.3, -0.25) is 4.79 Å². The third-order valence-corrected chi connectivity index (χ3v) is 2.39. The molecule has 5 heteroatoms. The minimum Gasteiger partial charge on any atom is -0.478 e. The fourth-order valence-corrected chi connectivity index (χ4v) is 1.52. The Morgan fingerprint density at radius 2 is 1.89 bits per heavy atom. The maximum Gasteiger partial charge on any atom is 0.336 e. The lowest BCUT2D eigenvalue weighted by atomic mass is 10.1. The van der Waals surface area contributed by atoms with Gasteiger partial charge < -0.3 is 15.2 Å². The molecule has 104 valence electrons. The third-order valence-electron chi connectivity index (χ3n) is 2.39. The Kier molecular flexibility index (Phi) is 6.02. The second-order valence-corrected chi connectivity index (χ2v) is 4.58. The molecule has 0 spiro atoms. The van der Waals surface area contributed by atoms with Crippen LogP contribution in [0.25, 0.3) is 0 Å². The van der Waals surface area contributed by atoms with Crippen molar-refractivity contribution < 1.29 is 19.4 Å². The molecule has 0 saturated heterocycles. The zero-order chi connectivity index (χ0) is 14.3. The summed E-state index contributed by atoms with van der Waals surface area (Å²) in [6, 6.07) is 6.13. The molecule has 0 aliphatic carbocycles. The lowest BCUT2D eigenvalue weighted by Crippen LogP contribution is -2.29. The van der Waals surface area contributed by atoms with E-state index in [0.29, 0.717) is 25.7 Å². The molecular formula is C14H19NO4. The van der Waals surface area contributed by atoms with E-state index in [2.05, 4.69) is 5.32 Å². The standard InChI is InChI=1S/C14H19NO4/c1-10(2)9-19-8-7-15-13(16)11-5-3-4-6-12(11)14(17)18/h3-6,10H,7-9H2,1-2H3,(H,15,16)(H,17,18). The number of hydrogen-bond donors (Lipinski definition) is 2. The molecule has 19 heavy (non-hydrogen) atoms. The first-order chi connectivity index (χ1) is 9.02. The van der Waals surface area contributed by atoms with Crippen LogP contribution in [0.1, 0.15) is 34.6 Å². The molecule has 0 aliphatic heterocycles. The van der Waals surface area contributed by atoms with E-state index < -0.39 is 11.9 Å². The summed E-state index contributed by atoms with van der Waals surface area (Å²) in [5.41, 5.74) is 0.168. The van der Waals surface area contributed by atoms with Crippen molar-refractivity contribution in [1.82, 2.24) is 5.32 Å². The molecular weight excluding hydrogens is 246 g/mol. The lowest BCUT2D eigenvalue weighted by molar-refractivity contribution is 0.0690. The van der Waals surface area contributed by atoms with Gasteiger partial charge >= 0.3 is 5.97 Å². The molecule has 0 saturated carbocycles. The number of aromatic carboxylic acids is 1. The van der Waals surface area contributed by atoms with Crippen LogP contribution in [-0.4, -0.2) is 36.7 Å². The van der Waals surface area contributed by atoms with Crippen LogP contribution in [-0.2, 0) is 4.74 Å². The molecule has 0 unspecified atom stereocenters. The van der Waals surface area contributed by atoms with Gasteiger partial charge in [0.25, 0.3) is 5.91 Å². The highest BCUT2D eigenvalue weighted by atomic mass is 16.5. The average molecular weight is 265 g/mol. The lowest BCUT2D eigenvalue weighted by Gasteiger charge is -2.09. The van der Waals surface area contributed by atoms with Crippen molar-refractivity contribution >= 4 is 11.9 Å². The van der Waals surface area contributed by atoms with Gasteiger partial charge in [0.15, 0.2) is 0 Å². The van der Waals surface area contributed by atoms with Gasteiger partial charge in [0.1, 0.15) is 0 Å². The maximum absolute atomic E-state index is 11.8. The summed E-state index contributed by atoms with van der Waals surface area (Å²) in [7, 11) is 0. The van der Waals surface area contributed by atoms with E-state index in [1.54, 1.807) is 12.1 Å².